The quantitative estimate of drug-likeness (QED) is 0.637. The van der Waals surface area contributed by atoms with Gasteiger partial charge in [0.15, 0.2) is 5.76 Å². The second-order valence-electron chi connectivity index (χ2n) is 7.82. The zero-order chi connectivity index (χ0) is 20.0. The number of H-pyrrole nitrogens is 1. The van der Waals surface area contributed by atoms with Gasteiger partial charge >= 0.3 is 0 Å². The number of carbonyl (C=O) groups is 1. The van der Waals surface area contributed by atoms with E-state index in [0.29, 0.717) is 23.1 Å². The molecule has 0 unspecified atom stereocenters. The molecule has 2 N–H and O–H groups in total. The molecular weight excluding hydrogens is 394 g/mol. The molecule has 2 saturated heterocycles. The zero-order valence-corrected chi connectivity index (χ0v) is 16.8. The molecule has 2 aliphatic heterocycles. The summed E-state index contributed by atoms with van der Waals surface area (Å²) in [6, 6.07) is 7.52. The van der Waals surface area contributed by atoms with Crippen LogP contribution in [0.2, 0.25) is 5.02 Å². The number of rotatable bonds is 6. The van der Waals surface area contributed by atoms with Gasteiger partial charge < -0.3 is 24.3 Å². The van der Waals surface area contributed by atoms with E-state index in [1.54, 1.807) is 0 Å². The van der Waals surface area contributed by atoms with Crippen molar-refractivity contribution in [3.8, 4) is 5.75 Å². The molecule has 2 bridgehead atoms. The van der Waals surface area contributed by atoms with Crippen LogP contribution in [0.3, 0.4) is 0 Å². The average molecular weight is 416 g/mol. The molecular formula is C21H22ClN3O4. The summed E-state index contributed by atoms with van der Waals surface area (Å²) in [6.45, 7) is 2.55. The van der Waals surface area contributed by atoms with Crippen molar-refractivity contribution < 1.29 is 18.8 Å². The number of hydrogen-bond acceptors (Lipinski definition) is 5. The van der Waals surface area contributed by atoms with E-state index in [1.807, 2.05) is 31.2 Å². The molecule has 2 fully saturated rings. The lowest BCUT2D eigenvalue weighted by atomic mass is 9.88. The van der Waals surface area contributed by atoms with Crippen molar-refractivity contribution in [2.24, 2.45) is 5.92 Å². The molecule has 3 atom stereocenters. The first-order chi connectivity index (χ1) is 14.0. The number of aromatic nitrogens is 2. The van der Waals surface area contributed by atoms with Gasteiger partial charge in [0.25, 0.3) is 0 Å². The Hall–Kier alpha value is -2.51. The van der Waals surface area contributed by atoms with Gasteiger partial charge in [-0.05, 0) is 38.3 Å². The molecule has 8 heteroatoms. The van der Waals surface area contributed by atoms with Crippen molar-refractivity contribution in [1.29, 1.82) is 0 Å². The van der Waals surface area contributed by atoms with E-state index < -0.39 is 0 Å². The molecule has 0 aliphatic carbocycles. The van der Waals surface area contributed by atoms with Gasteiger partial charge in [0.1, 0.15) is 12.4 Å². The summed E-state index contributed by atoms with van der Waals surface area (Å²) in [6.07, 6.45) is 3.27. The third-order valence-corrected chi connectivity index (χ3v) is 5.97. The van der Waals surface area contributed by atoms with E-state index in [-0.39, 0.29) is 30.6 Å². The fourth-order valence-corrected chi connectivity index (χ4v) is 4.49. The maximum Gasteiger partial charge on any atom is 0.226 e. The van der Waals surface area contributed by atoms with Crippen LogP contribution in [0, 0.1) is 12.8 Å². The number of halogens is 1. The fourth-order valence-electron chi connectivity index (χ4n) is 4.26. The summed E-state index contributed by atoms with van der Waals surface area (Å²) in [7, 11) is 0. The van der Waals surface area contributed by atoms with E-state index in [2.05, 4.69) is 15.5 Å². The highest BCUT2D eigenvalue weighted by molar-refractivity contribution is 6.32. The van der Waals surface area contributed by atoms with E-state index in [4.69, 9.17) is 25.6 Å². The van der Waals surface area contributed by atoms with Crippen LogP contribution < -0.4 is 10.1 Å². The van der Waals surface area contributed by atoms with Crippen LogP contribution in [0.25, 0.3) is 10.9 Å². The molecule has 5 rings (SSSR count). The summed E-state index contributed by atoms with van der Waals surface area (Å²) in [5, 5.41) is 8.35. The van der Waals surface area contributed by atoms with E-state index in [0.717, 1.165) is 41.6 Å². The Balaban J connectivity index is 1.24. The van der Waals surface area contributed by atoms with Gasteiger partial charge in [-0.15, -0.1) is 0 Å². The Morgan fingerprint density at radius 2 is 2.24 bits per heavy atom. The number of fused-ring (bicyclic) bond motifs is 3. The molecule has 0 radical (unpaired) electrons. The maximum absolute atomic E-state index is 12.5. The number of hydrogen-bond donors (Lipinski definition) is 2. The Bertz CT molecular complexity index is 1060. The van der Waals surface area contributed by atoms with Crippen LogP contribution in [0.15, 0.2) is 28.8 Å². The smallest absolute Gasteiger partial charge is 0.226 e. The topological polar surface area (TPSA) is 89.4 Å². The number of aromatic amines is 1. The first-order valence-corrected chi connectivity index (χ1v) is 10.2. The highest BCUT2D eigenvalue weighted by atomic mass is 35.5. The van der Waals surface area contributed by atoms with Crippen LogP contribution in [-0.4, -0.2) is 28.3 Å². The molecule has 0 saturated carbocycles. The largest absolute Gasteiger partial charge is 0.484 e. The van der Waals surface area contributed by atoms with Crippen molar-refractivity contribution in [1.82, 2.24) is 15.5 Å². The first-order valence-electron chi connectivity index (χ1n) is 9.84. The predicted molar refractivity (Wildman–Crippen MR) is 107 cm³/mol. The number of amides is 1. The summed E-state index contributed by atoms with van der Waals surface area (Å²) in [4.78, 5) is 15.8. The second kappa shape index (κ2) is 7.39. The number of nitrogens with one attached hydrogen (secondary N) is 2. The standard InChI is InChI=1S/C21H22ClN3O4/c1-11-4-15(29-25-11)10-27-20-8-18-12(6-17(20)22)5-13(24-18)9-23-21(26)16-7-14-2-3-19(16)28-14/h4-6,8,14,16,19,24H,2-3,7,9-10H2,1H3,(H,23,26)/t14-,16-,19+/m1/s1. The molecule has 1 amide bonds. The highest BCUT2D eigenvalue weighted by Crippen LogP contribution is 2.38. The fraction of sp³-hybridized carbons (Fsp3) is 0.429. The second-order valence-corrected chi connectivity index (χ2v) is 8.23. The highest BCUT2D eigenvalue weighted by Gasteiger charge is 2.44. The molecule has 0 spiro atoms. The van der Waals surface area contributed by atoms with Gasteiger partial charge in [0.2, 0.25) is 5.91 Å². The van der Waals surface area contributed by atoms with Crippen LogP contribution in [-0.2, 0) is 22.7 Å². The molecule has 2 aromatic heterocycles. The first kappa shape index (κ1) is 18.5. The molecule has 1 aromatic carbocycles. The maximum atomic E-state index is 12.5. The minimum absolute atomic E-state index is 0.0210. The Morgan fingerprint density at radius 3 is 2.97 bits per heavy atom. The molecule has 2 aliphatic rings. The van der Waals surface area contributed by atoms with Crippen molar-refractivity contribution in [2.75, 3.05) is 0 Å². The van der Waals surface area contributed by atoms with Crippen molar-refractivity contribution in [2.45, 2.75) is 51.5 Å². The van der Waals surface area contributed by atoms with Gasteiger partial charge in [0, 0.05) is 28.7 Å². The number of ether oxygens (including phenoxy) is 2. The van der Waals surface area contributed by atoms with E-state index in [9.17, 15) is 4.79 Å². The summed E-state index contributed by atoms with van der Waals surface area (Å²) >= 11 is 6.36. The number of aryl methyl sites for hydroxylation is 1. The summed E-state index contributed by atoms with van der Waals surface area (Å²) in [5.41, 5.74) is 2.61. The number of benzene rings is 1. The third kappa shape index (κ3) is 3.72. The SMILES string of the molecule is Cc1cc(COc2cc3[nH]c(CNC(=O)[C@@H]4C[C@H]5CC[C@@H]4O5)cc3cc2Cl)on1. The number of carbonyl (C=O) groups excluding carboxylic acids is 1. The van der Waals surface area contributed by atoms with Gasteiger partial charge in [-0.3, -0.25) is 4.79 Å². The Morgan fingerprint density at radius 1 is 1.34 bits per heavy atom. The van der Waals surface area contributed by atoms with Crippen LogP contribution in [0.4, 0.5) is 0 Å². The van der Waals surface area contributed by atoms with Crippen molar-refractivity contribution in [3.63, 3.8) is 0 Å². The van der Waals surface area contributed by atoms with Crippen LogP contribution in [0.5, 0.6) is 5.75 Å². The predicted octanol–water partition coefficient (Wildman–Crippen LogP) is 3.88. The average Bonchev–Trinajstić information content (AvgIpc) is 3.48. The van der Waals surface area contributed by atoms with E-state index >= 15 is 0 Å². The van der Waals surface area contributed by atoms with Crippen LogP contribution in [0.1, 0.15) is 36.4 Å². The minimum Gasteiger partial charge on any atom is -0.484 e. The summed E-state index contributed by atoms with van der Waals surface area (Å²) < 4.78 is 16.7. The number of nitrogens with zero attached hydrogens (tertiary/aromatic N) is 1. The monoisotopic (exact) mass is 415 g/mol. The molecule has 4 heterocycles. The Kier molecular flexibility index (Phi) is 4.72. The summed E-state index contributed by atoms with van der Waals surface area (Å²) in [5.74, 6) is 1.25. The van der Waals surface area contributed by atoms with Crippen molar-refractivity contribution in [3.05, 3.63) is 46.4 Å². The Labute approximate surface area is 172 Å². The molecule has 7 nitrogen and oxygen atoms in total. The molecule has 29 heavy (non-hydrogen) atoms. The zero-order valence-electron chi connectivity index (χ0n) is 16.0. The lowest BCUT2D eigenvalue weighted by Crippen LogP contribution is -2.35. The van der Waals surface area contributed by atoms with Gasteiger partial charge in [0.05, 0.1) is 35.4 Å². The van der Waals surface area contributed by atoms with Gasteiger partial charge in [-0.1, -0.05) is 16.8 Å². The van der Waals surface area contributed by atoms with E-state index in [1.165, 1.54) is 0 Å². The van der Waals surface area contributed by atoms with Gasteiger partial charge in [-0.2, -0.15) is 0 Å². The lowest BCUT2D eigenvalue weighted by Gasteiger charge is -2.17. The lowest BCUT2D eigenvalue weighted by molar-refractivity contribution is -0.126. The van der Waals surface area contributed by atoms with Gasteiger partial charge in [-0.25, -0.2) is 0 Å². The third-order valence-electron chi connectivity index (χ3n) is 5.67. The molecule has 3 aromatic rings. The molecule has 152 valence electrons. The van der Waals surface area contributed by atoms with Crippen LogP contribution >= 0.6 is 11.6 Å². The van der Waals surface area contributed by atoms with Crippen molar-refractivity contribution >= 4 is 28.4 Å². The minimum atomic E-state index is -0.0210. The normalized spacial score (nSPS) is 23.0.